The Morgan fingerprint density at radius 2 is 1.97 bits per heavy atom. The van der Waals surface area contributed by atoms with Crippen LogP contribution in [0, 0.1) is 6.92 Å². The van der Waals surface area contributed by atoms with Gasteiger partial charge in [-0.15, -0.1) is 0 Å². The number of carboxylic acids is 1. The Labute approximate surface area is 208 Å². The summed E-state index contributed by atoms with van der Waals surface area (Å²) in [6, 6.07) is 17.8. The van der Waals surface area contributed by atoms with Crippen LogP contribution in [-0.4, -0.2) is 50.8 Å². The van der Waals surface area contributed by atoms with Gasteiger partial charge in [-0.3, -0.25) is 0 Å². The minimum absolute atomic E-state index is 0.118. The van der Waals surface area contributed by atoms with Crippen LogP contribution in [0.5, 0.6) is 5.75 Å². The van der Waals surface area contributed by atoms with E-state index >= 15 is 0 Å². The Kier molecular flexibility index (Phi) is 6.14. The molecule has 0 saturated heterocycles. The summed E-state index contributed by atoms with van der Waals surface area (Å²) >= 11 is -0.118. The zero-order valence-corrected chi connectivity index (χ0v) is 21.4. The first kappa shape index (κ1) is 23.6. The van der Waals surface area contributed by atoms with E-state index in [1.807, 2.05) is 55.5 Å². The van der Waals surface area contributed by atoms with E-state index < -0.39 is 16.1 Å². The molecule has 35 heavy (non-hydrogen) atoms. The van der Waals surface area contributed by atoms with E-state index in [1.54, 1.807) is 4.90 Å². The van der Waals surface area contributed by atoms with Crippen molar-refractivity contribution in [1.29, 1.82) is 0 Å². The van der Waals surface area contributed by atoms with Gasteiger partial charge in [0, 0.05) is 0 Å². The molecule has 0 amide bonds. The molecule has 1 aliphatic rings. The summed E-state index contributed by atoms with van der Waals surface area (Å²) in [6.07, 6.45) is 2.10. The van der Waals surface area contributed by atoms with Crippen molar-refractivity contribution in [3.63, 3.8) is 0 Å². The Balaban J connectivity index is 1.65. The van der Waals surface area contributed by atoms with Crippen LogP contribution in [0.1, 0.15) is 16.6 Å². The maximum absolute atomic E-state index is 11.6. The van der Waals surface area contributed by atoms with Crippen LogP contribution >= 0.6 is 0 Å². The van der Waals surface area contributed by atoms with E-state index in [1.165, 1.54) is 0 Å². The number of carboxylic acid groups (broad SMARTS) is 1. The quantitative estimate of drug-likeness (QED) is 0.204. The first-order valence-corrected chi connectivity index (χ1v) is 14.3. The number of fused-ring (bicyclic) bond motifs is 4. The Morgan fingerprint density at radius 3 is 2.74 bits per heavy atom. The van der Waals surface area contributed by atoms with E-state index in [4.69, 9.17) is 4.74 Å². The van der Waals surface area contributed by atoms with Crippen LogP contribution in [0.2, 0.25) is 0 Å². The fraction of sp³-hybridized carbons (Fsp3) is 0.200. The number of benzene rings is 3. The zero-order valence-electron chi connectivity index (χ0n) is 18.8. The molecule has 4 aromatic rings. The third-order valence-corrected chi connectivity index (χ3v) is 8.93. The van der Waals surface area contributed by atoms with Gasteiger partial charge in [-0.2, -0.15) is 0 Å². The number of hydrogen-bond acceptors (Lipinski definition) is 5. The molecule has 1 aromatic heterocycles. The normalized spacial score (nSPS) is 14.6. The first-order chi connectivity index (χ1) is 16.7. The topological polar surface area (TPSA) is 108 Å². The zero-order chi connectivity index (χ0) is 24.7. The fourth-order valence-electron chi connectivity index (χ4n) is 4.33. The molecule has 0 bridgehead atoms. The summed E-state index contributed by atoms with van der Waals surface area (Å²) in [5.41, 5.74) is 2.71. The Bertz CT molecular complexity index is 1610. The standard InChI is InChI=1S/C25H22N2O6SSe/c1-16-7-9-20-19(13-16)27(15-24(28)29)22(33-20)14-23-26(11-4-12-34(30,31)32)25-18-6-3-2-5-17(18)8-10-21(25)35-23/h2-3,5-10,13-14H,4,11-12,15H2,1H3,(H-,28,29,30,31,32)/p+1. The van der Waals surface area contributed by atoms with Gasteiger partial charge in [-0.1, -0.05) is 0 Å². The summed E-state index contributed by atoms with van der Waals surface area (Å²) in [4.78, 5) is 13.3. The summed E-state index contributed by atoms with van der Waals surface area (Å²) in [5, 5.41) is 11.7. The Hall–Kier alpha value is -3.17. The maximum atomic E-state index is 11.6. The number of aryl methyl sites for hydroxylation is 2. The number of rotatable bonds is 7. The number of aliphatic carboxylic acids is 1. The van der Waals surface area contributed by atoms with E-state index in [-0.39, 0.29) is 33.2 Å². The van der Waals surface area contributed by atoms with Crippen LogP contribution in [0.25, 0.3) is 26.6 Å². The number of nitrogens with zero attached hydrogens (tertiary/aromatic N) is 2. The van der Waals surface area contributed by atoms with Crippen molar-refractivity contribution in [2.45, 2.75) is 19.9 Å². The number of carbonyl (C=O) groups is 1. The minimum atomic E-state index is -4.08. The van der Waals surface area contributed by atoms with Crippen molar-refractivity contribution in [2.24, 2.45) is 0 Å². The molecule has 3 aromatic carbocycles. The number of anilines is 1. The van der Waals surface area contributed by atoms with Crippen LogP contribution in [0.3, 0.4) is 0 Å². The first-order valence-electron chi connectivity index (χ1n) is 11.0. The molecule has 8 nitrogen and oxygen atoms in total. The predicted molar refractivity (Wildman–Crippen MR) is 134 cm³/mol. The second-order valence-corrected chi connectivity index (χ2v) is 12.2. The number of aromatic nitrogens is 1. The second kappa shape index (κ2) is 9.12. The molecule has 0 saturated carbocycles. The SMILES string of the molecule is Cc1ccc2c(c1)N(CC(=O)O)C(=Cc1[se]c3ccc4ccccc4c3[n+]1CCCS(=O)(=O)O)O2. The van der Waals surface area contributed by atoms with Crippen LogP contribution in [-0.2, 0) is 21.5 Å². The third kappa shape index (κ3) is 4.83. The predicted octanol–water partition coefficient (Wildman–Crippen LogP) is 3.21. The van der Waals surface area contributed by atoms with Gasteiger partial charge in [0.2, 0.25) is 0 Å². The summed E-state index contributed by atoms with van der Waals surface area (Å²) in [7, 11) is -4.08. The molecular formula is C25H23N2O6SSe+. The van der Waals surface area contributed by atoms with Crippen molar-refractivity contribution in [3.8, 4) is 5.75 Å². The van der Waals surface area contributed by atoms with Gasteiger partial charge in [0.05, 0.1) is 0 Å². The van der Waals surface area contributed by atoms with Gasteiger partial charge in [0.15, 0.2) is 0 Å². The monoisotopic (exact) mass is 559 g/mol. The molecule has 180 valence electrons. The average molecular weight is 558 g/mol. The molecule has 0 spiro atoms. The fourth-order valence-corrected chi connectivity index (χ4v) is 7.20. The van der Waals surface area contributed by atoms with Crippen molar-refractivity contribution in [2.75, 3.05) is 17.2 Å². The number of ether oxygens (including phenoxy) is 1. The molecule has 2 heterocycles. The van der Waals surface area contributed by atoms with E-state index in [9.17, 15) is 22.9 Å². The molecule has 0 aliphatic carbocycles. The van der Waals surface area contributed by atoms with Gasteiger partial charge in [-0.05, 0) is 0 Å². The summed E-state index contributed by atoms with van der Waals surface area (Å²) in [5.74, 6) is -0.306. The molecule has 5 rings (SSSR count). The van der Waals surface area contributed by atoms with Crippen LogP contribution in [0.15, 0.2) is 60.5 Å². The number of hydrogen-bond donors (Lipinski definition) is 2. The molecule has 0 atom stereocenters. The van der Waals surface area contributed by atoms with Crippen molar-refractivity contribution < 1.29 is 32.2 Å². The van der Waals surface area contributed by atoms with Crippen molar-refractivity contribution >= 4 is 62.9 Å². The van der Waals surface area contributed by atoms with E-state index in [0.29, 0.717) is 23.9 Å². The second-order valence-electron chi connectivity index (χ2n) is 8.40. The van der Waals surface area contributed by atoms with Gasteiger partial charge >= 0.3 is 209 Å². The molecule has 0 radical (unpaired) electrons. The van der Waals surface area contributed by atoms with Gasteiger partial charge in [0.25, 0.3) is 0 Å². The van der Waals surface area contributed by atoms with E-state index in [2.05, 4.69) is 16.7 Å². The average Bonchev–Trinajstić information content (AvgIpc) is 3.31. The molecular weight excluding hydrogens is 535 g/mol. The Morgan fingerprint density at radius 1 is 1.17 bits per heavy atom. The molecule has 0 unspecified atom stereocenters. The van der Waals surface area contributed by atoms with Gasteiger partial charge in [0.1, 0.15) is 0 Å². The van der Waals surface area contributed by atoms with Crippen LogP contribution in [0.4, 0.5) is 5.69 Å². The van der Waals surface area contributed by atoms with Crippen LogP contribution < -0.4 is 14.2 Å². The van der Waals surface area contributed by atoms with E-state index in [0.717, 1.165) is 30.7 Å². The molecule has 1 aliphatic heterocycles. The van der Waals surface area contributed by atoms with Gasteiger partial charge in [-0.25, -0.2) is 0 Å². The summed E-state index contributed by atoms with van der Waals surface area (Å²) in [6.45, 7) is 2.07. The third-order valence-electron chi connectivity index (χ3n) is 5.82. The molecule has 0 fully saturated rings. The molecule has 10 heteroatoms. The van der Waals surface area contributed by atoms with Crippen molar-refractivity contribution in [1.82, 2.24) is 0 Å². The van der Waals surface area contributed by atoms with Crippen molar-refractivity contribution in [3.05, 3.63) is 70.6 Å². The summed E-state index contributed by atoms with van der Waals surface area (Å²) < 4.78 is 42.2. The molecule has 2 N–H and O–H groups in total. The van der Waals surface area contributed by atoms with Gasteiger partial charge < -0.3 is 0 Å².